The second kappa shape index (κ2) is 7.53. The van der Waals surface area contributed by atoms with E-state index < -0.39 is 0 Å². The predicted octanol–water partition coefficient (Wildman–Crippen LogP) is 3.11. The van der Waals surface area contributed by atoms with Gasteiger partial charge in [-0.2, -0.15) is 0 Å². The number of amides is 1. The fourth-order valence-corrected chi connectivity index (χ4v) is 2.93. The van der Waals surface area contributed by atoms with Gasteiger partial charge < -0.3 is 14.6 Å². The fourth-order valence-electron chi connectivity index (χ4n) is 2.93. The summed E-state index contributed by atoms with van der Waals surface area (Å²) in [4.78, 5) is 14.5. The molecule has 0 radical (unpaired) electrons. The van der Waals surface area contributed by atoms with Gasteiger partial charge in [-0.25, -0.2) is 0 Å². The number of methoxy groups -OCH3 is 1. The first kappa shape index (κ1) is 17.2. The molecule has 6 nitrogen and oxygen atoms in total. The molecule has 0 fully saturated rings. The average Bonchev–Trinajstić information content (AvgIpc) is 3.06. The Kier molecular flexibility index (Phi) is 5.19. The molecule has 132 valence electrons. The molecule has 0 bridgehead atoms. The fraction of sp³-hybridized carbons (Fsp3) is 0.368. The van der Waals surface area contributed by atoms with Crippen LogP contribution in [-0.4, -0.2) is 42.2 Å². The number of ether oxygens (including phenoxy) is 1. The summed E-state index contributed by atoms with van der Waals surface area (Å²) in [5.41, 5.74) is 2.51. The quantitative estimate of drug-likeness (QED) is 0.905. The highest BCUT2D eigenvalue weighted by atomic mass is 16.5. The number of hydrogen-bond acceptors (Lipinski definition) is 5. The molecule has 1 atom stereocenters. The van der Waals surface area contributed by atoms with Crippen LogP contribution in [0.3, 0.4) is 0 Å². The summed E-state index contributed by atoms with van der Waals surface area (Å²) in [6.45, 7) is 5.29. The normalized spacial score (nSPS) is 16.2. The van der Waals surface area contributed by atoms with Crippen molar-refractivity contribution in [1.29, 1.82) is 0 Å². The van der Waals surface area contributed by atoms with Crippen molar-refractivity contribution in [1.82, 2.24) is 10.1 Å². The lowest BCUT2D eigenvalue weighted by atomic mass is 9.98. The van der Waals surface area contributed by atoms with Gasteiger partial charge >= 0.3 is 0 Å². The summed E-state index contributed by atoms with van der Waals surface area (Å²) in [6, 6.07) is 9.57. The first-order chi connectivity index (χ1) is 12.1. The van der Waals surface area contributed by atoms with E-state index in [1.54, 1.807) is 20.1 Å². The Morgan fingerprint density at radius 1 is 1.36 bits per heavy atom. The van der Waals surface area contributed by atoms with Gasteiger partial charge in [-0.15, -0.1) is 0 Å². The van der Waals surface area contributed by atoms with E-state index >= 15 is 0 Å². The summed E-state index contributed by atoms with van der Waals surface area (Å²) < 4.78 is 10.2. The topological polar surface area (TPSA) is 67.6 Å². The van der Waals surface area contributed by atoms with Gasteiger partial charge in [0, 0.05) is 19.2 Å². The predicted molar refractivity (Wildman–Crippen MR) is 96.5 cm³/mol. The highest BCUT2D eigenvalue weighted by Crippen LogP contribution is 2.25. The van der Waals surface area contributed by atoms with E-state index in [-0.39, 0.29) is 11.9 Å². The van der Waals surface area contributed by atoms with Crippen LogP contribution in [0.1, 0.15) is 24.7 Å². The van der Waals surface area contributed by atoms with Crippen molar-refractivity contribution in [2.75, 3.05) is 25.5 Å². The molecular formula is C19H23N3O3. The molecule has 1 aromatic heterocycles. The van der Waals surface area contributed by atoms with Crippen LogP contribution < -0.4 is 10.1 Å². The lowest BCUT2D eigenvalue weighted by Gasteiger charge is -2.30. The van der Waals surface area contributed by atoms with Gasteiger partial charge in [0.05, 0.1) is 13.2 Å². The highest BCUT2D eigenvalue weighted by molar-refractivity contribution is 5.93. The maximum atomic E-state index is 12.4. The largest absolute Gasteiger partial charge is 0.497 e. The Bertz CT molecular complexity index is 764. The summed E-state index contributed by atoms with van der Waals surface area (Å²) in [5.74, 6) is 1.92. The van der Waals surface area contributed by atoms with Crippen LogP contribution in [0.15, 0.2) is 40.9 Å². The van der Waals surface area contributed by atoms with Crippen molar-refractivity contribution >= 4 is 17.3 Å². The van der Waals surface area contributed by atoms with E-state index in [0.29, 0.717) is 11.6 Å². The average molecular weight is 341 g/mol. The van der Waals surface area contributed by atoms with Crippen LogP contribution in [0.25, 0.3) is 5.57 Å². The molecule has 0 spiro atoms. The molecule has 3 rings (SSSR count). The maximum Gasteiger partial charge on any atom is 0.242 e. The van der Waals surface area contributed by atoms with E-state index in [1.807, 2.05) is 19.1 Å². The van der Waals surface area contributed by atoms with E-state index in [1.165, 1.54) is 11.1 Å². The summed E-state index contributed by atoms with van der Waals surface area (Å²) in [6.07, 6.45) is 3.10. The third kappa shape index (κ3) is 4.09. The van der Waals surface area contributed by atoms with Crippen molar-refractivity contribution < 1.29 is 14.1 Å². The monoisotopic (exact) mass is 341 g/mol. The minimum absolute atomic E-state index is 0.0744. The molecule has 0 aliphatic carbocycles. The Labute approximate surface area is 147 Å². The van der Waals surface area contributed by atoms with Gasteiger partial charge in [0.1, 0.15) is 11.5 Å². The third-order valence-corrected chi connectivity index (χ3v) is 4.51. The molecule has 1 N–H and O–H groups in total. The lowest BCUT2D eigenvalue weighted by molar-refractivity contribution is -0.120. The van der Waals surface area contributed by atoms with E-state index in [0.717, 1.165) is 25.3 Å². The molecule has 1 aliphatic rings. The molecule has 0 unspecified atom stereocenters. The minimum Gasteiger partial charge on any atom is -0.497 e. The van der Waals surface area contributed by atoms with Gasteiger partial charge in [0.2, 0.25) is 5.91 Å². The Morgan fingerprint density at radius 3 is 2.68 bits per heavy atom. The van der Waals surface area contributed by atoms with Crippen molar-refractivity contribution in [3.05, 3.63) is 47.7 Å². The molecule has 25 heavy (non-hydrogen) atoms. The lowest BCUT2D eigenvalue weighted by Crippen LogP contribution is -2.44. The Hall–Kier alpha value is -2.60. The maximum absolute atomic E-state index is 12.4. The van der Waals surface area contributed by atoms with Crippen molar-refractivity contribution in [2.45, 2.75) is 26.3 Å². The number of benzene rings is 1. The van der Waals surface area contributed by atoms with E-state index in [9.17, 15) is 4.79 Å². The number of hydrogen-bond donors (Lipinski definition) is 1. The molecule has 0 saturated carbocycles. The van der Waals surface area contributed by atoms with Gasteiger partial charge in [-0.1, -0.05) is 23.4 Å². The summed E-state index contributed by atoms with van der Waals surface area (Å²) >= 11 is 0. The van der Waals surface area contributed by atoms with Crippen LogP contribution in [0.5, 0.6) is 5.75 Å². The number of nitrogens with one attached hydrogen (secondary N) is 1. The molecule has 1 aromatic carbocycles. The van der Waals surface area contributed by atoms with Crippen LogP contribution in [0, 0.1) is 6.92 Å². The first-order valence-electron chi connectivity index (χ1n) is 8.38. The number of nitrogens with zero attached hydrogens (tertiary/aromatic N) is 2. The second-order valence-electron chi connectivity index (χ2n) is 6.19. The number of carbonyl (C=O) groups excluding carboxylic acids is 1. The molecular weight excluding hydrogens is 318 g/mol. The zero-order chi connectivity index (χ0) is 17.8. The van der Waals surface area contributed by atoms with Crippen molar-refractivity contribution in [2.24, 2.45) is 0 Å². The molecule has 2 heterocycles. The van der Waals surface area contributed by atoms with Crippen LogP contribution >= 0.6 is 0 Å². The molecule has 1 amide bonds. The number of aryl methyl sites for hydroxylation is 1. The minimum atomic E-state index is -0.231. The number of aromatic nitrogens is 1. The van der Waals surface area contributed by atoms with Crippen LogP contribution in [0.2, 0.25) is 0 Å². The number of anilines is 1. The Balaban J connectivity index is 1.59. The summed E-state index contributed by atoms with van der Waals surface area (Å²) in [7, 11) is 1.67. The highest BCUT2D eigenvalue weighted by Gasteiger charge is 2.24. The van der Waals surface area contributed by atoms with Crippen molar-refractivity contribution in [3.63, 3.8) is 0 Å². The van der Waals surface area contributed by atoms with Gasteiger partial charge in [-0.3, -0.25) is 9.69 Å². The SMILES string of the molecule is COc1ccc(C2=CCN([C@@H](C)C(=O)Nc3cc(C)on3)CC2)cc1. The standard InChI is InChI=1S/C19H23N3O3/c1-13-12-18(21-25-13)20-19(23)14(2)22-10-8-16(9-11-22)15-4-6-17(24-3)7-5-15/h4-8,12,14H,9-11H2,1-3H3,(H,20,21,23)/t14-/m0/s1. The van der Waals surface area contributed by atoms with Crippen LogP contribution in [0.4, 0.5) is 5.82 Å². The summed E-state index contributed by atoms with van der Waals surface area (Å²) in [5, 5.41) is 6.60. The molecule has 1 aliphatic heterocycles. The van der Waals surface area contributed by atoms with Gasteiger partial charge in [0.25, 0.3) is 0 Å². The van der Waals surface area contributed by atoms with Gasteiger partial charge in [0.15, 0.2) is 5.82 Å². The van der Waals surface area contributed by atoms with E-state index in [2.05, 4.69) is 33.6 Å². The van der Waals surface area contributed by atoms with Gasteiger partial charge in [-0.05, 0) is 43.5 Å². The first-order valence-corrected chi connectivity index (χ1v) is 8.38. The number of rotatable bonds is 5. The van der Waals surface area contributed by atoms with E-state index in [4.69, 9.17) is 9.26 Å². The zero-order valence-corrected chi connectivity index (χ0v) is 14.8. The molecule has 6 heteroatoms. The van der Waals surface area contributed by atoms with Crippen LogP contribution in [-0.2, 0) is 4.79 Å². The smallest absolute Gasteiger partial charge is 0.242 e. The van der Waals surface area contributed by atoms with Crippen molar-refractivity contribution in [3.8, 4) is 5.75 Å². The molecule has 2 aromatic rings. The molecule has 0 saturated heterocycles. The Morgan fingerprint density at radius 2 is 2.12 bits per heavy atom. The zero-order valence-electron chi connectivity index (χ0n) is 14.8. The second-order valence-corrected chi connectivity index (χ2v) is 6.19. The number of carbonyl (C=O) groups is 1. The third-order valence-electron chi connectivity index (χ3n) is 4.51.